The molecule has 4 heteroatoms. The summed E-state index contributed by atoms with van der Waals surface area (Å²) in [5, 5.41) is 8.78. The second-order valence-corrected chi connectivity index (χ2v) is 3.60. The van der Waals surface area contributed by atoms with Crippen molar-refractivity contribution >= 4 is 0 Å². The Bertz CT molecular complexity index is 540. The molecule has 0 aliphatic heterocycles. The molecular weight excluding hydrogens is 214 g/mol. The van der Waals surface area contributed by atoms with Gasteiger partial charge in [-0.15, -0.1) is 0 Å². The minimum absolute atomic E-state index is 0.461. The highest BCUT2D eigenvalue weighted by Gasteiger charge is 2.02. The van der Waals surface area contributed by atoms with Gasteiger partial charge in [0, 0.05) is 6.54 Å². The summed E-state index contributed by atoms with van der Waals surface area (Å²) in [4.78, 5) is 4.07. The van der Waals surface area contributed by atoms with E-state index in [1.165, 1.54) is 0 Å². The summed E-state index contributed by atoms with van der Waals surface area (Å²) in [7, 11) is 0. The van der Waals surface area contributed by atoms with Crippen molar-refractivity contribution in [2.75, 3.05) is 0 Å². The number of hydrogen-bond donors (Lipinski definition) is 0. The standard InChI is InChI=1S/C13H13N3O/c1-2-16-10-15-8-12(16)9-17-13-5-3-4-11(6-13)7-14/h3-6,8,10H,2,9H2,1H3. The maximum atomic E-state index is 8.78. The summed E-state index contributed by atoms with van der Waals surface area (Å²) in [6.45, 7) is 3.39. The molecule has 2 aromatic rings. The Kier molecular flexibility index (Phi) is 3.41. The zero-order chi connectivity index (χ0) is 12.1. The summed E-state index contributed by atoms with van der Waals surface area (Å²) < 4.78 is 7.65. The van der Waals surface area contributed by atoms with Gasteiger partial charge in [0.2, 0.25) is 0 Å². The Balaban J connectivity index is 2.05. The molecular formula is C13H13N3O. The van der Waals surface area contributed by atoms with Gasteiger partial charge in [-0.3, -0.25) is 0 Å². The third-order valence-electron chi connectivity index (χ3n) is 2.49. The fourth-order valence-corrected chi connectivity index (χ4v) is 1.57. The monoisotopic (exact) mass is 227 g/mol. The summed E-state index contributed by atoms with van der Waals surface area (Å²) in [5.41, 5.74) is 1.63. The molecule has 0 saturated carbocycles. The molecule has 1 heterocycles. The van der Waals surface area contributed by atoms with Crippen LogP contribution in [0, 0.1) is 11.3 Å². The van der Waals surface area contributed by atoms with E-state index < -0.39 is 0 Å². The number of nitrogens with zero attached hydrogens (tertiary/aromatic N) is 3. The van der Waals surface area contributed by atoms with E-state index in [0.717, 1.165) is 12.2 Å². The zero-order valence-electron chi connectivity index (χ0n) is 9.63. The van der Waals surface area contributed by atoms with Crippen LogP contribution >= 0.6 is 0 Å². The molecule has 0 spiro atoms. The largest absolute Gasteiger partial charge is 0.487 e. The predicted octanol–water partition coefficient (Wildman–Crippen LogP) is 2.35. The maximum absolute atomic E-state index is 8.78. The van der Waals surface area contributed by atoms with E-state index in [9.17, 15) is 0 Å². The molecule has 2 rings (SSSR count). The summed E-state index contributed by atoms with van der Waals surface area (Å²) >= 11 is 0. The third kappa shape index (κ3) is 2.64. The number of aryl methyl sites for hydroxylation is 1. The number of benzene rings is 1. The quantitative estimate of drug-likeness (QED) is 0.805. The first kappa shape index (κ1) is 11.2. The number of nitriles is 1. The van der Waals surface area contributed by atoms with E-state index in [0.29, 0.717) is 17.9 Å². The fraction of sp³-hybridized carbons (Fsp3) is 0.231. The minimum Gasteiger partial charge on any atom is -0.487 e. The van der Waals surface area contributed by atoms with Crippen molar-refractivity contribution in [2.24, 2.45) is 0 Å². The van der Waals surface area contributed by atoms with Crippen LogP contribution in [0.4, 0.5) is 0 Å². The highest BCUT2D eigenvalue weighted by atomic mass is 16.5. The third-order valence-corrected chi connectivity index (χ3v) is 2.49. The van der Waals surface area contributed by atoms with Crippen molar-refractivity contribution in [3.8, 4) is 11.8 Å². The van der Waals surface area contributed by atoms with Gasteiger partial charge in [0.15, 0.2) is 0 Å². The molecule has 0 bridgehead atoms. The molecule has 86 valence electrons. The van der Waals surface area contributed by atoms with E-state index >= 15 is 0 Å². The second-order valence-electron chi connectivity index (χ2n) is 3.60. The van der Waals surface area contributed by atoms with Crippen LogP contribution in [0.15, 0.2) is 36.8 Å². The molecule has 0 radical (unpaired) electrons. The topological polar surface area (TPSA) is 50.8 Å². The molecule has 0 amide bonds. The first-order valence-electron chi connectivity index (χ1n) is 5.45. The lowest BCUT2D eigenvalue weighted by molar-refractivity contribution is 0.295. The van der Waals surface area contributed by atoms with Crippen LogP contribution in [-0.4, -0.2) is 9.55 Å². The Hall–Kier alpha value is -2.28. The van der Waals surface area contributed by atoms with Crippen LogP contribution in [0.2, 0.25) is 0 Å². The van der Waals surface area contributed by atoms with Gasteiger partial charge in [-0.25, -0.2) is 4.98 Å². The normalized spacial score (nSPS) is 9.88. The highest BCUT2D eigenvalue weighted by Crippen LogP contribution is 2.14. The van der Waals surface area contributed by atoms with E-state index in [2.05, 4.69) is 18.0 Å². The van der Waals surface area contributed by atoms with Crippen molar-refractivity contribution < 1.29 is 4.74 Å². The first-order chi connectivity index (χ1) is 8.33. The van der Waals surface area contributed by atoms with Gasteiger partial charge in [0.1, 0.15) is 12.4 Å². The first-order valence-corrected chi connectivity index (χ1v) is 5.45. The molecule has 0 N–H and O–H groups in total. The Morgan fingerprint density at radius 1 is 1.47 bits per heavy atom. The van der Waals surface area contributed by atoms with Crippen LogP contribution in [0.1, 0.15) is 18.2 Å². The molecule has 0 fully saturated rings. The van der Waals surface area contributed by atoms with Gasteiger partial charge in [-0.2, -0.15) is 5.26 Å². The Morgan fingerprint density at radius 3 is 3.12 bits per heavy atom. The molecule has 0 atom stereocenters. The Labute approximate surface area is 100 Å². The molecule has 0 aliphatic rings. The minimum atomic E-state index is 0.461. The second kappa shape index (κ2) is 5.17. The van der Waals surface area contributed by atoms with Crippen LogP contribution < -0.4 is 4.74 Å². The SMILES string of the molecule is CCn1cncc1COc1cccc(C#N)c1. The number of imidazole rings is 1. The van der Waals surface area contributed by atoms with E-state index in [1.807, 2.05) is 16.7 Å². The zero-order valence-corrected chi connectivity index (χ0v) is 9.63. The molecule has 17 heavy (non-hydrogen) atoms. The summed E-state index contributed by atoms with van der Waals surface area (Å²) in [6.07, 6.45) is 3.57. The van der Waals surface area contributed by atoms with Crippen LogP contribution in [0.5, 0.6) is 5.75 Å². The van der Waals surface area contributed by atoms with Gasteiger partial charge in [-0.05, 0) is 25.1 Å². The lowest BCUT2D eigenvalue weighted by Gasteiger charge is -2.07. The molecule has 1 aromatic carbocycles. The van der Waals surface area contributed by atoms with Crippen LogP contribution in [-0.2, 0) is 13.2 Å². The van der Waals surface area contributed by atoms with Crippen molar-refractivity contribution in [3.63, 3.8) is 0 Å². The van der Waals surface area contributed by atoms with Crippen molar-refractivity contribution in [3.05, 3.63) is 48.0 Å². The van der Waals surface area contributed by atoms with E-state index in [-0.39, 0.29) is 0 Å². The van der Waals surface area contributed by atoms with Gasteiger partial charge in [0.05, 0.1) is 29.9 Å². The maximum Gasteiger partial charge on any atom is 0.130 e. The average molecular weight is 227 g/mol. The van der Waals surface area contributed by atoms with Crippen LogP contribution in [0.25, 0.3) is 0 Å². The van der Waals surface area contributed by atoms with Gasteiger partial charge in [0.25, 0.3) is 0 Å². The van der Waals surface area contributed by atoms with Crippen molar-refractivity contribution in [1.82, 2.24) is 9.55 Å². The number of aromatic nitrogens is 2. The Morgan fingerprint density at radius 2 is 2.35 bits per heavy atom. The van der Waals surface area contributed by atoms with Crippen LogP contribution in [0.3, 0.4) is 0 Å². The molecule has 0 unspecified atom stereocenters. The summed E-state index contributed by atoms with van der Waals surface area (Å²) in [6, 6.07) is 9.22. The number of hydrogen-bond acceptors (Lipinski definition) is 3. The lowest BCUT2D eigenvalue weighted by Crippen LogP contribution is -2.03. The average Bonchev–Trinajstić information content (AvgIpc) is 2.84. The smallest absolute Gasteiger partial charge is 0.130 e. The van der Waals surface area contributed by atoms with Gasteiger partial charge < -0.3 is 9.30 Å². The number of ether oxygens (including phenoxy) is 1. The van der Waals surface area contributed by atoms with E-state index in [1.54, 1.807) is 24.7 Å². The highest BCUT2D eigenvalue weighted by molar-refractivity contribution is 5.36. The molecule has 4 nitrogen and oxygen atoms in total. The van der Waals surface area contributed by atoms with Crippen molar-refractivity contribution in [2.45, 2.75) is 20.1 Å². The fourth-order valence-electron chi connectivity index (χ4n) is 1.57. The molecule has 0 aliphatic carbocycles. The van der Waals surface area contributed by atoms with Crippen molar-refractivity contribution in [1.29, 1.82) is 5.26 Å². The predicted molar refractivity (Wildman–Crippen MR) is 63.4 cm³/mol. The molecule has 1 aromatic heterocycles. The lowest BCUT2D eigenvalue weighted by atomic mass is 10.2. The number of rotatable bonds is 4. The van der Waals surface area contributed by atoms with E-state index in [4.69, 9.17) is 10.00 Å². The summed E-state index contributed by atoms with van der Waals surface area (Å²) in [5.74, 6) is 0.702. The van der Waals surface area contributed by atoms with Gasteiger partial charge in [-0.1, -0.05) is 6.07 Å². The van der Waals surface area contributed by atoms with Gasteiger partial charge >= 0.3 is 0 Å². The molecule has 0 saturated heterocycles.